The molecule has 1 aromatic carbocycles. The first-order valence-corrected chi connectivity index (χ1v) is 9.97. The van der Waals surface area contributed by atoms with E-state index in [1.54, 1.807) is 0 Å². The molecule has 0 aromatic heterocycles. The van der Waals surface area contributed by atoms with E-state index in [0.29, 0.717) is 25.0 Å². The molecule has 1 amide bonds. The maximum atomic E-state index is 12.5. The van der Waals surface area contributed by atoms with E-state index in [4.69, 9.17) is 9.47 Å². The summed E-state index contributed by atoms with van der Waals surface area (Å²) in [4.78, 5) is 17.0. The van der Waals surface area contributed by atoms with Crippen LogP contribution in [0.4, 0.5) is 0 Å². The minimum Gasteiger partial charge on any atom is -0.379 e. The molecular formula is C21H32N2O3. The fourth-order valence-electron chi connectivity index (χ4n) is 3.75. The topological polar surface area (TPSA) is 42.0 Å². The molecule has 5 heteroatoms. The highest BCUT2D eigenvalue weighted by Crippen LogP contribution is 2.18. The van der Waals surface area contributed by atoms with E-state index < -0.39 is 0 Å². The van der Waals surface area contributed by atoms with Gasteiger partial charge < -0.3 is 14.4 Å². The molecule has 26 heavy (non-hydrogen) atoms. The van der Waals surface area contributed by atoms with Gasteiger partial charge in [-0.3, -0.25) is 9.69 Å². The van der Waals surface area contributed by atoms with E-state index in [1.807, 2.05) is 23.1 Å². The van der Waals surface area contributed by atoms with Gasteiger partial charge in [0, 0.05) is 38.6 Å². The molecule has 2 fully saturated rings. The summed E-state index contributed by atoms with van der Waals surface area (Å²) in [6.45, 7) is 8.13. The van der Waals surface area contributed by atoms with Crippen LogP contribution in [-0.4, -0.2) is 67.2 Å². The van der Waals surface area contributed by atoms with E-state index in [9.17, 15) is 4.79 Å². The van der Waals surface area contributed by atoms with Gasteiger partial charge in [-0.25, -0.2) is 0 Å². The molecular weight excluding hydrogens is 328 g/mol. The summed E-state index contributed by atoms with van der Waals surface area (Å²) in [5, 5.41) is 0. The van der Waals surface area contributed by atoms with Crippen molar-refractivity contribution in [2.75, 3.05) is 39.4 Å². The van der Waals surface area contributed by atoms with Crippen LogP contribution >= 0.6 is 0 Å². The first-order valence-electron chi connectivity index (χ1n) is 9.97. The van der Waals surface area contributed by atoms with Crippen LogP contribution in [0.3, 0.4) is 0 Å². The second-order valence-corrected chi connectivity index (χ2v) is 7.41. The Kier molecular flexibility index (Phi) is 7.47. The SMILES string of the molecule is C[C@@H](CCC(=O)N1CCC(OCc2ccccc2)CC1)N1CCOCC1. The number of ether oxygens (including phenoxy) is 2. The molecule has 144 valence electrons. The van der Waals surface area contributed by atoms with Crippen LogP contribution < -0.4 is 0 Å². The highest BCUT2D eigenvalue weighted by molar-refractivity contribution is 5.76. The molecule has 5 nitrogen and oxygen atoms in total. The Hall–Kier alpha value is -1.43. The molecule has 1 aromatic rings. The van der Waals surface area contributed by atoms with Crippen LogP contribution in [0.25, 0.3) is 0 Å². The van der Waals surface area contributed by atoms with Crippen LogP contribution in [0.2, 0.25) is 0 Å². The molecule has 0 N–H and O–H groups in total. The zero-order valence-corrected chi connectivity index (χ0v) is 15.9. The summed E-state index contributed by atoms with van der Waals surface area (Å²) in [5.74, 6) is 0.298. The normalized spacial score (nSPS) is 20.9. The van der Waals surface area contributed by atoms with Gasteiger partial charge in [-0.15, -0.1) is 0 Å². The number of hydrogen-bond acceptors (Lipinski definition) is 4. The third-order valence-corrected chi connectivity index (χ3v) is 5.57. The van der Waals surface area contributed by atoms with E-state index >= 15 is 0 Å². The Morgan fingerprint density at radius 1 is 1.15 bits per heavy atom. The molecule has 3 rings (SSSR count). The molecule has 2 heterocycles. The standard InChI is InChI=1S/C21H32N2O3/c1-18(22-13-15-25-16-14-22)7-8-21(24)23-11-9-20(10-12-23)26-17-19-5-3-2-4-6-19/h2-6,18,20H,7-17H2,1H3/t18-/m0/s1. The van der Waals surface area contributed by atoms with Gasteiger partial charge in [-0.2, -0.15) is 0 Å². The summed E-state index contributed by atoms with van der Waals surface area (Å²) in [6, 6.07) is 10.7. The quantitative estimate of drug-likeness (QED) is 0.750. The molecule has 0 radical (unpaired) electrons. The van der Waals surface area contributed by atoms with Crippen molar-refractivity contribution in [2.24, 2.45) is 0 Å². The lowest BCUT2D eigenvalue weighted by molar-refractivity contribution is -0.134. The first-order chi connectivity index (χ1) is 12.7. The van der Waals surface area contributed by atoms with Crippen LogP contribution in [0.1, 0.15) is 38.2 Å². The molecule has 0 aliphatic carbocycles. The van der Waals surface area contributed by atoms with Crippen molar-refractivity contribution >= 4 is 5.91 Å². The predicted octanol–water partition coefficient (Wildman–Crippen LogP) is 2.70. The predicted molar refractivity (Wildman–Crippen MR) is 102 cm³/mol. The summed E-state index contributed by atoms with van der Waals surface area (Å²) in [5.41, 5.74) is 1.21. The van der Waals surface area contributed by atoms with E-state index in [0.717, 1.165) is 58.7 Å². The van der Waals surface area contributed by atoms with Gasteiger partial charge in [0.2, 0.25) is 5.91 Å². The van der Waals surface area contributed by atoms with Crippen molar-refractivity contribution < 1.29 is 14.3 Å². The maximum Gasteiger partial charge on any atom is 0.222 e. The summed E-state index contributed by atoms with van der Waals surface area (Å²) in [6.07, 6.45) is 3.73. The van der Waals surface area contributed by atoms with Crippen molar-refractivity contribution in [3.63, 3.8) is 0 Å². The fraction of sp³-hybridized carbons (Fsp3) is 0.667. The number of morpholine rings is 1. The van der Waals surface area contributed by atoms with E-state index in [2.05, 4.69) is 24.0 Å². The second-order valence-electron chi connectivity index (χ2n) is 7.41. The number of carbonyl (C=O) groups is 1. The monoisotopic (exact) mass is 360 g/mol. The second kappa shape index (κ2) is 10.0. The lowest BCUT2D eigenvalue weighted by Crippen LogP contribution is -2.44. The minimum atomic E-state index is 0.270. The number of carbonyl (C=O) groups excluding carboxylic acids is 1. The van der Waals surface area contributed by atoms with Crippen molar-refractivity contribution in [1.29, 1.82) is 0 Å². The Morgan fingerprint density at radius 3 is 2.54 bits per heavy atom. The Balaban J connectivity index is 1.32. The molecule has 0 saturated carbocycles. The van der Waals surface area contributed by atoms with Crippen molar-refractivity contribution in [2.45, 2.75) is 51.4 Å². The van der Waals surface area contributed by atoms with Crippen molar-refractivity contribution in [3.8, 4) is 0 Å². The van der Waals surface area contributed by atoms with E-state index in [-0.39, 0.29) is 6.10 Å². The van der Waals surface area contributed by atoms with Gasteiger partial charge in [0.25, 0.3) is 0 Å². The number of likely N-dealkylation sites (tertiary alicyclic amines) is 1. The van der Waals surface area contributed by atoms with Gasteiger partial charge in [0.05, 0.1) is 25.9 Å². The van der Waals surface area contributed by atoms with Crippen LogP contribution in [0.15, 0.2) is 30.3 Å². The van der Waals surface area contributed by atoms with Gasteiger partial charge in [-0.1, -0.05) is 30.3 Å². The molecule has 2 saturated heterocycles. The average Bonchev–Trinajstić information content (AvgIpc) is 2.72. The lowest BCUT2D eigenvalue weighted by atomic mass is 10.1. The molecule has 1 atom stereocenters. The summed E-state index contributed by atoms with van der Waals surface area (Å²) < 4.78 is 11.4. The Bertz CT molecular complexity index is 537. The number of benzene rings is 1. The lowest BCUT2D eigenvalue weighted by Gasteiger charge is -2.34. The minimum absolute atomic E-state index is 0.270. The van der Waals surface area contributed by atoms with Crippen LogP contribution in [0, 0.1) is 0 Å². The van der Waals surface area contributed by atoms with Crippen LogP contribution in [0.5, 0.6) is 0 Å². The Morgan fingerprint density at radius 2 is 1.85 bits per heavy atom. The van der Waals surface area contributed by atoms with Gasteiger partial charge in [-0.05, 0) is 31.7 Å². The van der Waals surface area contributed by atoms with Crippen molar-refractivity contribution in [3.05, 3.63) is 35.9 Å². The zero-order chi connectivity index (χ0) is 18.2. The van der Waals surface area contributed by atoms with Crippen LogP contribution in [-0.2, 0) is 20.9 Å². The third-order valence-electron chi connectivity index (χ3n) is 5.57. The van der Waals surface area contributed by atoms with E-state index in [1.165, 1.54) is 5.56 Å². The maximum absolute atomic E-state index is 12.5. The van der Waals surface area contributed by atoms with Gasteiger partial charge in [0.1, 0.15) is 0 Å². The van der Waals surface area contributed by atoms with Crippen molar-refractivity contribution in [1.82, 2.24) is 9.80 Å². The highest BCUT2D eigenvalue weighted by atomic mass is 16.5. The number of hydrogen-bond donors (Lipinski definition) is 0. The number of rotatable bonds is 7. The zero-order valence-electron chi connectivity index (χ0n) is 15.9. The smallest absolute Gasteiger partial charge is 0.222 e. The average molecular weight is 360 g/mol. The van der Waals surface area contributed by atoms with Gasteiger partial charge in [0.15, 0.2) is 0 Å². The number of piperidine rings is 1. The number of amides is 1. The molecule has 2 aliphatic rings. The molecule has 0 spiro atoms. The first kappa shape index (κ1) is 19.3. The fourth-order valence-corrected chi connectivity index (χ4v) is 3.75. The number of nitrogens with zero attached hydrogens (tertiary/aromatic N) is 2. The summed E-state index contributed by atoms with van der Waals surface area (Å²) >= 11 is 0. The largest absolute Gasteiger partial charge is 0.379 e. The molecule has 2 aliphatic heterocycles. The third kappa shape index (κ3) is 5.79. The molecule has 0 bridgehead atoms. The highest BCUT2D eigenvalue weighted by Gasteiger charge is 2.24. The van der Waals surface area contributed by atoms with Gasteiger partial charge >= 0.3 is 0 Å². The Labute approximate surface area is 157 Å². The summed E-state index contributed by atoms with van der Waals surface area (Å²) in [7, 11) is 0. The molecule has 0 unspecified atom stereocenters.